The van der Waals surface area contributed by atoms with Gasteiger partial charge in [0.25, 0.3) is 5.91 Å². The fraction of sp³-hybridized carbons (Fsp3) is 0.417. The highest BCUT2D eigenvalue weighted by Gasteiger charge is 2.04. The molecule has 0 unspecified atom stereocenters. The van der Waals surface area contributed by atoms with Gasteiger partial charge in [0.2, 0.25) is 0 Å². The van der Waals surface area contributed by atoms with Gasteiger partial charge in [-0.05, 0) is 31.2 Å². The molecule has 1 amide bonds. The summed E-state index contributed by atoms with van der Waals surface area (Å²) in [6.45, 7) is 4.51. The van der Waals surface area contributed by atoms with E-state index in [0.717, 1.165) is 19.5 Å². The molecule has 5 heteroatoms. The lowest BCUT2D eigenvalue weighted by Crippen LogP contribution is -2.32. The lowest BCUT2D eigenvalue weighted by atomic mass is 10.2. The molecule has 17 heavy (non-hydrogen) atoms. The minimum atomic E-state index is -0.0826. The summed E-state index contributed by atoms with van der Waals surface area (Å²) in [6, 6.07) is 6.94. The minimum Gasteiger partial charge on any atom is -0.351 e. The highest BCUT2D eigenvalue weighted by atomic mass is 35.5. The molecule has 0 aliphatic rings. The average molecular weight is 277 g/mol. The Balaban J connectivity index is 0.00000256. The molecule has 96 valence electrons. The molecule has 0 saturated carbocycles. The number of carbonyl (C=O) groups is 1. The van der Waals surface area contributed by atoms with Crippen molar-refractivity contribution in [2.75, 3.05) is 19.6 Å². The van der Waals surface area contributed by atoms with E-state index in [4.69, 9.17) is 11.6 Å². The molecule has 3 nitrogen and oxygen atoms in total. The van der Waals surface area contributed by atoms with Gasteiger partial charge in [0.1, 0.15) is 0 Å². The van der Waals surface area contributed by atoms with E-state index in [1.807, 2.05) is 0 Å². The zero-order chi connectivity index (χ0) is 11.8. The Kier molecular flexibility index (Phi) is 8.86. The second-order valence-electron chi connectivity index (χ2n) is 3.52. The number of hydrogen-bond donors (Lipinski definition) is 2. The first-order chi connectivity index (χ1) is 7.74. The zero-order valence-electron chi connectivity index (χ0n) is 9.83. The first-order valence-electron chi connectivity index (χ1n) is 5.48. The molecule has 0 heterocycles. The minimum absolute atomic E-state index is 0. The van der Waals surface area contributed by atoms with E-state index in [1.54, 1.807) is 24.3 Å². The first kappa shape index (κ1) is 16.2. The van der Waals surface area contributed by atoms with Crippen molar-refractivity contribution in [1.29, 1.82) is 0 Å². The maximum atomic E-state index is 11.6. The molecule has 0 fully saturated rings. The average Bonchev–Trinajstić information content (AvgIpc) is 2.28. The fourth-order valence-corrected chi connectivity index (χ4v) is 1.49. The third-order valence-electron chi connectivity index (χ3n) is 2.10. The zero-order valence-corrected chi connectivity index (χ0v) is 11.4. The Morgan fingerprint density at radius 3 is 2.71 bits per heavy atom. The number of nitrogens with one attached hydrogen (secondary N) is 2. The molecule has 0 aliphatic carbocycles. The molecular formula is C12H18Cl2N2O. The van der Waals surface area contributed by atoms with Gasteiger partial charge in [-0.15, -0.1) is 12.4 Å². The number of halogens is 2. The van der Waals surface area contributed by atoms with Crippen LogP contribution in [0.4, 0.5) is 0 Å². The third kappa shape index (κ3) is 6.51. The predicted octanol–water partition coefficient (Wildman–Crippen LogP) is 2.49. The van der Waals surface area contributed by atoms with Crippen LogP contribution in [0, 0.1) is 0 Å². The molecular weight excluding hydrogens is 259 g/mol. The maximum Gasteiger partial charge on any atom is 0.251 e. The smallest absolute Gasteiger partial charge is 0.251 e. The maximum absolute atomic E-state index is 11.6. The molecule has 0 bridgehead atoms. The van der Waals surface area contributed by atoms with Crippen molar-refractivity contribution in [3.05, 3.63) is 34.9 Å². The SMILES string of the molecule is CCCNCCNC(=O)c1cccc(Cl)c1.Cl. The van der Waals surface area contributed by atoms with Crippen LogP contribution in [0.5, 0.6) is 0 Å². The van der Waals surface area contributed by atoms with Crippen LogP contribution in [0.25, 0.3) is 0 Å². The molecule has 0 atom stereocenters. The fourth-order valence-electron chi connectivity index (χ4n) is 1.30. The van der Waals surface area contributed by atoms with Crippen molar-refractivity contribution < 1.29 is 4.79 Å². The van der Waals surface area contributed by atoms with Gasteiger partial charge in [0.15, 0.2) is 0 Å². The Labute approximate surface area is 113 Å². The van der Waals surface area contributed by atoms with Crippen LogP contribution in [0.3, 0.4) is 0 Å². The Morgan fingerprint density at radius 1 is 1.29 bits per heavy atom. The molecule has 0 aliphatic heterocycles. The van der Waals surface area contributed by atoms with E-state index >= 15 is 0 Å². The summed E-state index contributed by atoms with van der Waals surface area (Å²) in [6.07, 6.45) is 1.10. The molecule has 0 spiro atoms. The van der Waals surface area contributed by atoms with Crippen molar-refractivity contribution in [2.24, 2.45) is 0 Å². The summed E-state index contributed by atoms with van der Waals surface area (Å²) in [5.41, 5.74) is 0.600. The summed E-state index contributed by atoms with van der Waals surface area (Å²) in [4.78, 5) is 11.6. The lowest BCUT2D eigenvalue weighted by molar-refractivity contribution is 0.0954. The molecule has 1 aromatic carbocycles. The van der Waals surface area contributed by atoms with Gasteiger partial charge in [-0.1, -0.05) is 24.6 Å². The van der Waals surface area contributed by atoms with Gasteiger partial charge in [-0.3, -0.25) is 4.79 Å². The van der Waals surface area contributed by atoms with E-state index in [1.165, 1.54) is 0 Å². The number of rotatable bonds is 6. The second kappa shape index (κ2) is 9.28. The van der Waals surface area contributed by atoms with Crippen LogP contribution >= 0.6 is 24.0 Å². The van der Waals surface area contributed by atoms with Crippen LogP contribution in [0.2, 0.25) is 5.02 Å². The summed E-state index contributed by atoms with van der Waals surface area (Å²) in [5.74, 6) is -0.0826. The normalized spacial score (nSPS) is 9.53. The van der Waals surface area contributed by atoms with Crippen LogP contribution in [0.1, 0.15) is 23.7 Å². The van der Waals surface area contributed by atoms with Gasteiger partial charge in [-0.2, -0.15) is 0 Å². The molecule has 0 radical (unpaired) electrons. The van der Waals surface area contributed by atoms with Gasteiger partial charge in [0, 0.05) is 23.7 Å². The van der Waals surface area contributed by atoms with Gasteiger partial charge in [-0.25, -0.2) is 0 Å². The Morgan fingerprint density at radius 2 is 2.06 bits per heavy atom. The summed E-state index contributed by atoms with van der Waals surface area (Å²) >= 11 is 5.80. The topological polar surface area (TPSA) is 41.1 Å². The highest BCUT2D eigenvalue weighted by molar-refractivity contribution is 6.30. The van der Waals surface area contributed by atoms with E-state index in [0.29, 0.717) is 17.1 Å². The van der Waals surface area contributed by atoms with Crippen molar-refractivity contribution in [3.63, 3.8) is 0 Å². The second-order valence-corrected chi connectivity index (χ2v) is 3.95. The number of amides is 1. The summed E-state index contributed by atoms with van der Waals surface area (Å²) < 4.78 is 0. The molecule has 1 rings (SSSR count). The van der Waals surface area contributed by atoms with Gasteiger partial charge >= 0.3 is 0 Å². The number of hydrogen-bond acceptors (Lipinski definition) is 2. The van der Waals surface area contributed by atoms with E-state index < -0.39 is 0 Å². The summed E-state index contributed by atoms with van der Waals surface area (Å²) in [5, 5.41) is 6.62. The number of benzene rings is 1. The van der Waals surface area contributed by atoms with Crippen LogP contribution in [-0.4, -0.2) is 25.5 Å². The largest absolute Gasteiger partial charge is 0.351 e. The number of carbonyl (C=O) groups excluding carboxylic acids is 1. The van der Waals surface area contributed by atoms with Crippen LogP contribution in [-0.2, 0) is 0 Å². The van der Waals surface area contributed by atoms with Crippen molar-refractivity contribution in [1.82, 2.24) is 10.6 Å². The summed E-state index contributed by atoms with van der Waals surface area (Å²) in [7, 11) is 0. The van der Waals surface area contributed by atoms with Crippen molar-refractivity contribution in [2.45, 2.75) is 13.3 Å². The van der Waals surface area contributed by atoms with Gasteiger partial charge < -0.3 is 10.6 Å². The van der Waals surface area contributed by atoms with Crippen LogP contribution < -0.4 is 10.6 Å². The standard InChI is InChI=1S/C12H17ClN2O.ClH/c1-2-6-14-7-8-15-12(16)10-4-3-5-11(13)9-10;/h3-5,9,14H,2,6-8H2,1H3,(H,15,16);1H. The predicted molar refractivity (Wildman–Crippen MR) is 74.2 cm³/mol. The lowest BCUT2D eigenvalue weighted by Gasteiger charge is -2.06. The molecule has 0 saturated heterocycles. The van der Waals surface area contributed by atoms with Crippen molar-refractivity contribution in [3.8, 4) is 0 Å². The van der Waals surface area contributed by atoms with E-state index in [2.05, 4.69) is 17.6 Å². The monoisotopic (exact) mass is 276 g/mol. The van der Waals surface area contributed by atoms with Gasteiger partial charge in [0.05, 0.1) is 0 Å². The van der Waals surface area contributed by atoms with Crippen LogP contribution in [0.15, 0.2) is 24.3 Å². The van der Waals surface area contributed by atoms with Crippen molar-refractivity contribution >= 4 is 29.9 Å². The highest BCUT2D eigenvalue weighted by Crippen LogP contribution is 2.10. The van der Waals surface area contributed by atoms with E-state index in [-0.39, 0.29) is 18.3 Å². The molecule has 0 aromatic heterocycles. The molecule has 1 aromatic rings. The third-order valence-corrected chi connectivity index (χ3v) is 2.34. The Hall–Kier alpha value is -0.770. The van der Waals surface area contributed by atoms with E-state index in [9.17, 15) is 4.79 Å². The Bertz CT molecular complexity index is 345. The first-order valence-corrected chi connectivity index (χ1v) is 5.86. The quantitative estimate of drug-likeness (QED) is 0.784. The molecule has 2 N–H and O–H groups in total.